The van der Waals surface area contributed by atoms with Crippen molar-refractivity contribution in [1.82, 2.24) is 9.97 Å². The van der Waals surface area contributed by atoms with Gasteiger partial charge in [0.05, 0.1) is 19.0 Å². The van der Waals surface area contributed by atoms with E-state index in [1.807, 2.05) is 0 Å². The molecule has 0 spiro atoms. The van der Waals surface area contributed by atoms with Crippen LogP contribution in [-0.2, 0) is 0 Å². The van der Waals surface area contributed by atoms with Crippen molar-refractivity contribution in [3.63, 3.8) is 0 Å². The molecule has 1 aromatic heterocycles. The van der Waals surface area contributed by atoms with E-state index in [0.29, 0.717) is 17.1 Å². The number of aromatic nitrogens is 2. The summed E-state index contributed by atoms with van der Waals surface area (Å²) in [6.07, 6.45) is 1.61. The lowest BCUT2D eigenvalue weighted by Crippen LogP contribution is -1.88. The topological polar surface area (TPSA) is 37.9 Å². The minimum atomic E-state index is -0.437. The molecule has 3 rings (SSSR count). The van der Waals surface area contributed by atoms with Crippen molar-refractivity contribution in [2.75, 3.05) is 7.11 Å². The number of hydrogen-bond acceptors (Lipinski definition) is 2. The van der Waals surface area contributed by atoms with Crippen molar-refractivity contribution in [3.05, 3.63) is 60.3 Å². The van der Waals surface area contributed by atoms with E-state index in [4.69, 9.17) is 4.74 Å². The van der Waals surface area contributed by atoms with Crippen molar-refractivity contribution in [2.24, 2.45) is 0 Å². The second-order valence-electron chi connectivity index (χ2n) is 4.50. The fraction of sp³-hybridized carbons (Fsp3) is 0.0625. The quantitative estimate of drug-likeness (QED) is 0.789. The number of ether oxygens (including phenoxy) is 1. The zero-order valence-electron chi connectivity index (χ0n) is 11.2. The highest BCUT2D eigenvalue weighted by atomic mass is 19.1. The van der Waals surface area contributed by atoms with Gasteiger partial charge in [0.2, 0.25) is 0 Å². The van der Waals surface area contributed by atoms with Crippen LogP contribution in [0.4, 0.5) is 8.78 Å². The number of methoxy groups -OCH3 is 1. The van der Waals surface area contributed by atoms with Gasteiger partial charge < -0.3 is 9.72 Å². The van der Waals surface area contributed by atoms with Crippen LogP contribution >= 0.6 is 0 Å². The van der Waals surface area contributed by atoms with Gasteiger partial charge in [-0.05, 0) is 42.5 Å². The van der Waals surface area contributed by atoms with E-state index >= 15 is 0 Å². The average molecular weight is 286 g/mol. The van der Waals surface area contributed by atoms with Crippen molar-refractivity contribution in [3.8, 4) is 28.4 Å². The van der Waals surface area contributed by atoms with Gasteiger partial charge in [-0.3, -0.25) is 0 Å². The molecule has 106 valence electrons. The molecule has 0 amide bonds. The Morgan fingerprint density at radius 2 is 1.71 bits per heavy atom. The largest absolute Gasteiger partial charge is 0.494 e. The molecule has 0 atom stereocenters. The first-order chi connectivity index (χ1) is 10.2. The zero-order chi connectivity index (χ0) is 14.8. The Morgan fingerprint density at radius 3 is 2.38 bits per heavy atom. The predicted octanol–water partition coefficient (Wildman–Crippen LogP) is 4.03. The van der Waals surface area contributed by atoms with Crippen molar-refractivity contribution >= 4 is 0 Å². The third-order valence-corrected chi connectivity index (χ3v) is 3.16. The van der Waals surface area contributed by atoms with E-state index in [9.17, 15) is 8.78 Å². The van der Waals surface area contributed by atoms with Gasteiger partial charge >= 0.3 is 0 Å². The smallest absolute Gasteiger partial charge is 0.165 e. The number of aromatic amines is 1. The van der Waals surface area contributed by atoms with E-state index in [2.05, 4.69) is 9.97 Å². The number of H-pyrrole nitrogens is 1. The fourth-order valence-electron chi connectivity index (χ4n) is 2.06. The van der Waals surface area contributed by atoms with E-state index in [1.54, 1.807) is 30.5 Å². The molecule has 2 aromatic carbocycles. The highest BCUT2D eigenvalue weighted by Gasteiger charge is 2.09. The minimum Gasteiger partial charge on any atom is -0.494 e. The molecule has 0 radical (unpaired) electrons. The molecule has 0 saturated heterocycles. The van der Waals surface area contributed by atoms with Crippen LogP contribution in [0.2, 0.25) is 0 Å². The normalized spacial score (nSPS) is 10.6. The van der Waals surface area contributed by atoms with Gasteiger partial charge in [-0.2, -0.15) is 0 Å². The summed E-state index contributed by atoms with van der Waals surface area (Å²) in [7, 11) is 1.42. The van der Waals surface area contributed by atoms with Crippen molar-refractivity contribution in [2.45, 2.75) is 0 Å². The number of benzene rings is 2. The Balaban J connectivity index is 1.94. The Labute approximate surface area is 120 Å². The summed E-state index contributed by atoms with van der Waals surface area (Å²) < 4.78 is 31.5. The summed E-state index contributed by atoms with van der Waals surface area (Å²) in [5, 5.41) is 0. The molecular weight excluding hydrogens is 274 g/mol. The standard InChI is InChI=1S/C16H12F2N2O/c1-21-15-7-4-11(8-13(15)18)14-9-19-16(20-14)10-2-5-12(17)6-3-10/h2-9H,1H3,(H,19,20). The predicted molar refractivity (Wildman–Crippen MR) is 75.9 cm³/mol. The first-order valence-electron chi connectivity index (χ1n) is 6.32. The molecule has 0 aliphatic carbocycles. The number of rotatable bonds is 3. The van der Waals surface area contributed by atoms with Gasteiger partial charge in [0.25, 0.3) is 0 Å². The van der Waals surface area contributed by atoms with Gasteiger partial charge in [0, 0.05) is 11.1 Å². The molecule has 21 heavy (non-hydrogen) atoms. The van der Waals surface area contributed by atoms with Crippen LogP contribution in [-0.4, -0.2) is 17.1 Å². The van der Waals surface area contributed by atoms with Gasteiger partial charge in [-0.1, -0.05) is 0 Å². The fourth-order valence-corrected chi connectivity index (χ4v) is 2.06. The van der Waals surface area contributed by atoms with Crippen LogP contribution < -0.4 is 4.74 Å². The van der Waals surface area contributed by atoms with Crippen LogP contribution in [0.25, 0.3) is 22.6 Å². The summed E-state index contributed by atoms with van der Waals surface area (Å²) in [4.78, 5) is 7.32. The molecule has 1 heterocycles. The van der Waals surface area contributed by atoms with Gasteiger partial charge in [-0.25, -0.2) is 13.8 Å². The van der Waals surface area contributed by atoms with Crippen LogP contribution in [0.3, 0.4) is 0 Å². The number of hydrogen-bond donors (Lipinski definition) is 1. The first-order valence-corrected chi connectivity index (χ1v) is 6.32. The Bertz CT molecular complexity index is 766. The third-order valence-electron chi connectivity index (χ3n) is 3.16. The van der Waals surface area contributed by atoms with Crippen LogP contribution in [0.1, 0.15) is 0 Å². The van der Waals surface area contributed by atoms with Gasteiger partial charge in [0.15, 0.2) is 11.6 Å². The maximum absolute atomic E-state index is 13.7. The minimum absolute atomic E-state index is 0.192. The van der Waals surface area contributed by atoms with Gasteiger partial charge in [0.1, 0.15) is 11.6 Å². The first kappa shape index (κ1) is 13.3. The molecule has 0 aliphatic rings. The second-order valence-corrected chi connectivity index (χ2v) is 4.50. The molecule has 0 saturated carbocycles. The highest BCUT2D eigenvalue weighted by molar-refractivity contribution is 5.65. The summed E-state index contributed by atoms with van der Waals surface area (Å²) in [6.45, 7) is 0. The molecule has 0 fully saturated rings. The van der Waals surface area contributed by atoms with Gasteiger partial charge in [-0.15, -0.1) is 0 Å². The SMILES string of the molecule is COc1ccc(-c2cnc(-c3ccc(F)cc3)[nH]2)cc1F. The summed E-state index contributed by atoms with van der Waals surface area (Å²) in [6, 6.07) is 10.7. The van der Waals surface area contributed by atoms with E-state index < -0.39 is 5.82 Å². The van der Waals surface area contributed by atoms with Crippen molar-refractivity contribution < 1.29 is 13.5 Å². The van der Waals surface area contributed by atoms with E-state index in [1.165, 1.54) is 25.3 Å². The maximum atomic E-state index is 13.7. The Morgan fingerprint density at radius 1 is 1.00 bits per heavy atom. The number of imidazole rings is 1. The average Bonchev–Trinajstić information content (AvgIpc) is 2.98. The maximum Gasteiger partial charge on any atom is 0.165 e. The summed E-state index contributed by atoms with van der Waals surface area (Å²) in [5.41, 5.74) is 2.10. The third kappa shape index (κ3) is 2.63. The molecule has 0 aliphatic heterocycles. The highest BCUT2D eigenvalue weighted by Crippen LogP contribution is 2.26. The van der Waals surface area contributed by atoms with Crippen molar-refractivity contribution in [1.29, 1.82) is 0 Å². The lowest BCUT2D eigenvalue weighted by atomic mass is 10.1. The molecule has 3 aromatic rings. The number of nitrogens with one attached hydrogen (secondary N) is 1. The van der Waals surface area contributed by atoms with Crippen LogP contribution in [0.15, 0.2) is 48.7 Å². The molecule has 0 bridgehead atoms. The summed E-state index contributed by atoms with van der Waals surface area (Å²) >= 11 is 0. The lowest BCUT2D eigenvalue weighted by molar-refractivity contribution is 0.386. The Hall–Kier alpha value is -2.69. The monoisotopic (exact) mass is 286 g/mol. The van der Waals surface area contributed by atoms with Crippen LogP contribution in [0.5, 0.6) is 5.75 Å². The lowest BCUT2D eigenvalue weighted by Gasteiger charge is -2.03. The number of nitrogens with zero attached hydrogens (tertiary/aromatic N) is 1. The number of halogens is 2. The molecule has 1 N–H and O–H groups in total. The Kier molecular flexibility index (Phi) is 3.39. The molecule has 5 heteroatoms. The molecular formula is C16H12F2N2O. The summed E-state index contributed by atoms with van der Waals surface area (Å²) in [5.74, 6) is 0.0499. The molecule has 3 nitrogen and oxygen atoms in total. The second kappa shape index (κ2) is 5.36. The van der Waals surface area contributed by atoms with E-state index in [0.717, 1.165) is 5.56 Å². The van der Waals surface area contributed by atoms with Crippen LogP contribution in [0, 0.1) is 11.6 Å². The molecule has 0 unspecified atom stereocenters. The zero-order valence-corrected chi connectivity index (χ0v) is 11.2. The van der Waals surface area contributed by atoms with E-state index in [-0.39, 0.29) is 11.6 Å².